The normalized spacial score (nSPS) is 19.5. The van der Waals surface area contributed by atoms with Crippen molar-refractivity contribution in [1.82, 2.24) is 0 Å². The molecule has 1 aromatic heterocycles. The molecule has 2 heteroatoms. The zero-order valence-electron chi connectivity index (χ0n) is 10.7. The van der Waals surface area contributed by atoms with Crippen LogP contribution >= 0.6 is 0 Å². The van der Waals surface area contributed by atoms with Crippen molar-refractivity contribution in [2.75, 3.05) is 0 Å². The maximum atomic E-state index is 6.11. The van der Waals surface area contributed by atoms with Crippen LogP contribution in [0.15, 0.2) is 22.6 Å². The van der Waals surface area contributed by atoms with Crippen LogP contribution in [0, 0.1) is 13.8 Å². The Labute approximate surface area is 102 Å². The topological polar surface area (TPSA) is 39.2 Å². The Morgan fingerprint density at radius 1 is 1.29 bits per heavy atom. The molecular formula is C15H19NO. The van der Waals surface area contributed by atoms with Gasteiger partial charge in [0.25, 0.3) is 0 Å². The molecule has 0 aliphatic heterocycles. The predicted octanol–water partition coefficient (Wildman–Crippen LogP) is 3.43. The molecule has 1 aliphatic rings. The number of furan rings is 1. The third kappa shape index (κ3) is 1.44. The fourth-order valence-electron chi connectivity index (χ4n) is 2.80. The highest BCUT2D eigenvalue weighted by molar-refractivity contribution is 5.83. The molecule has 0 spiro atoms. The fraction of sp³-hybridized carbons (Fsp3) is 0.467. The van der Waals surface area contributed by atoms with E-state index >= 15 is 0 Å². The smallest absolute Gasteiger partial charge is 0.134 e. The van der Waals surface area contributed by atoms with E-state index in [-0.39, 0.29) is 11.5 Å². The van der Waals surface area contributed by atoms with Crippen molar-refractivity contribution in [3.05, 3.63) is 35.1 Å². The lowest BCUT2D eigenvalue weighted by atomic mass is 9.89. The van der Waals surface area contributed by atoms with Crippen molar-refractivity contribution in [1.29, 1.82) is 0 Å². The minimum atomic E-state index is 0.211. The minimum Gasteiger partial charge on any atom is -0.461 e. The van der Waals surface area contributed by atoms with Gasteiger partial charge in [-0.3, -0.25) is 0 Å². The Morgan fingerprint density at radius 3 is 2.59 bits per heavy atom. The van der Waals surface area contributed by atoms with Crippen LogP contribution < -0.4 is 5.73 Å². The average molecular weight is 229 g/mol. The summed E-state index contributed by atoms with van der Waals surface area (Å²) in [4.78, 5) is 0. The molecule has 3 rings (SSSR count). The molecule has 1 aromatic carbocycles. The molecule has 1 fully saturated rings. The molecule has 17 heavy (non-hydrogen) atoms. The van der Waals surface area contributed by atoms with Crippen molar-refractivity contribution in [3.8, 4) is 0 Å². The van der Waals surface area contributed by atoms with Crippen molar-refractivity contribution >= 4 is 11.0 Å². The quantitative estimate of drug-likeness (QED) is 0.857. The zero-order chi connectivity index (χ0) is 12.2. The van der Waals surface area contributed by atoms with Gasteiger partial charge in [-0.2, -0.15) is 0 Å². The van der Waals surface area contributed by atoms with Gasteiger partial charge in [-0.1, -0.05) is 12.1 Å². The molecule has 1 atom stereocenters. The summed E-state index contributed by atoms with van der Waals surface area (Å²) in [7, 11) is 0. The highest BCUT2D eigenvalue weighted by atomic mass is 16.3. The first kappa shape index (κ1) is 10.8. The number of hydrogen-bond acceptors (Lipinski definition) is 2. The van der Waals surface area contributed by atoms with Gasteiger partial charge in [0.2, 0.25) is 0 Å². The molecule has 2 aromatic rings. The maximum absolute atomic E-state index is 6.11. The van der Waals surface area contributed by atoms with E-state index < -0.39 is 0 Å². The third-order valence-electron chi connectivity index (χ3n) is 4.41. The van der Waals surface area contributed by atoms with Crippen LogP contribution in [0.25, 0.3) is 11.0 Å². The number of hydrogen-bond donors (Lipinski definition) is 1. The number of fused-ring (bicyclic) bond motifs is 1. The van der Waals surface area contributed by atoms with Gasteiger partial charge in [0.05, 0.1) is 0 Å². The second kappa shape index (κ2) is 3.36. The number of rotatable bonds is 2. The molecule has 90 valence electrons. The Kier molecular flexibility index (Phi) is 2.14. The van der Waals surface area contributed by atoms with Gasteiger partial charge in [0.15, 0.2) is 0 Å². The highest BCUT2D eigenvalue weighted by Gasteiger charge is 2.47. The van der Waals surface area contributed by atoms with E-state index in [1.807, 2.05) is 6.92 Å². The van der Waals surface area contributed by atoms with Crippen molar-refractivity contribution in [2.45, 2.75) is 45.1 Å². The van der Waals surface area contributed by atoms with Gasteiger partial charge in [-0.15, -0.1) is 0 Å². The van der Waals surface area contributed by atoms with Crippen LogP contribution in [0.5, 0.6) is 0 Å². The molecule has 1 heterocycles. The van der Waals surface area contributed by atoms with Gasteiger partial charge in [-0.25, -0.2) is 0 Å². The number of benzene rings is 1. The number of nitrogens with two attached hydrogens (primary N) is 1. The molecule has 1 unspecified atom stereocenters. The summed E-state index contributed by atoms with van der Waals surface area (Å²) in [5.74, 6) is 1.02. The second-order valence-corrected chi connectivity index (χ2v) is 5.44. The van der Waals surface area contributed by atoms with Crippen LogP contribution in [0.3, 0.4) is 0 Å². The lowest BCUT2D eigenvalue weighted by Crippen LogP contribution is -2.31. The lowest BCUT2D eigenvalue weighted by molar-refractivity contribution is 0.551. The molecular weight excluding hydrogens is 210 g/mol. The third-order valence-corrected chi connectivity index (χ3v) is 4.41. The maximum Gasteiger partial charge on any atom is 0.134 e. The summed E-state index contributed by atoms with van der Waals surface area (Å²) in [6, 6.07) is 6.81. The molecule has 0 bridgehead atoms. The van der Waals surface area contributed by atoms with Crippen molar-refractivity contribution in [2.24, 2.45) is 5.73 Å². The summed E-state index contributed by atoms with van der Waals surface area (Å²) in [6.45, 7) is 6.24. The van der Waals surface area contributed by atoms with E-state index in [1.165, 1.54) is 29.4 Å². The minimum absolute atomic E-state index is 0.211. The first-order chi connectivity index (χ1) is 8.04. The van der Waals surface area contributed by atoms with Gasteiger partial charge < -0.3 is 10.2 Å². The molecule has 0 saturated heterocycles. The first-order valence-electron chi connectivity index (χ1n) is 6.30. The fourth-order valence-corrected chi connectivity index (χ4v) is 2.80. The van der Waals surface area contributed by atoms with Gasteiger partial charge in [0.1, 0.15) is 11.3 Å². The summed E-state index contributed by atoms with van der Waals surface area (Å²) in [5, 5.41) is 1.23. The summed E-state index contributed by atoms with van der Waals surface area (Å²) < 4.78 is 5.80. The molecule has 0 amide bonds. The zero-order valence-corrected chi connectivity index (χ0v) is 10.7. The van der Waals surface area contributed by atoms with E-state index in [1.54, 1.807) is 0 Å². The molecule has 2 N–H and O–H groups in total. The highest BCUT2D eigenvalue weighted by Crippen LogP contribution is 2.50. The van der Waals surface area contributed by atoms with Crippen LogP contribution in [0.1, 0.15) is 36.7 Å². The Hall–Kier alpha value is -1.28. The van der Waals surface area contributed by atoms with Crippen LogP contribution in [-0.2, 0) is 5.41 Å². The predicted molar refractivity (Wildman–Crippen MR) is 70.2 cm³/mol. The van der Waals surface area contributed by atoms with E-state index in [0.717, 1.165) is 11.3 Å². The standard InChI is InChI=1S/C15H19NO/c1-9-10(2)17-14-8-12(4-5-13(9)14)15(6-7-15)11(3)16/h4-5,8,11H,6-7,16H2,1-3H3. The second-order valence-electron chi connectivity index (χ2n) is 5.44. The molecule has 1 aliphatic carbocycles. The van der Waals surface area contributed by atoms with Gasteiger partial charge in [0, 0.05) is 16.8 Å². The lowest BCUT2D eigenvalue weighted by Gasteiger charge is -2.19. The van der Waals surface area contributed by atoms with E-state index in [9.17, 15) is 0 Å². The Bertz CT molecular complexity index is 576. The van der Waals surface area contributed by atoms with Gasteiger partial charge >= 0.3 is 0 Å². The van der Waals surface area contributed by atoms with Crippen LogP contribution in [0.2, 0.25) is 0 Å². The van der Waals surface area contributed by atoms with E-state index in [4.69, 9.17) is 10.2 Å². The number of aryl methyl sites for hydroxylation is 2. The van der Waals surface area contributed by atoms with Crippen LogP contribution in [0.4, 0.5) is 0 Å². The van der Waals surface area contributed by atoms with E-state index in [0.29, 0.717) is 0 Å². The molecule has 1 saturated carbocycles. The molecule has 2 nitrogen and oxygen atoms in total. The summed E-state index contributed by atoms with van der Waals surface area (Å²) in [5.41, 5.74) is 9.92. The molecule has 0 radical (unpaired) electrons. The Balaban J connectivity index is 2.15. The van der Waals surface area contributed by atoms with Gasteiger partial charge in [-0.05, 0) is 50.8 Å². The SMILES string of the molecule is Cc1oc2cc(C3(C(C)N)CC3)ccc2c1C. The van der Waals surface area contributed by atoms with Crippen molar-refractivity contribution in [3.63, 3.8) is 0 Å². The first-order valence-corrected chi connectivity index (χ1v) is 6.30. The average Bonchev–Trinajstić information content (AvgIpc) is 3.04. The monoisotopic (exact) mass is 229 g/mol. The summed E-state index contributed by atoms with van der Waals surface area (Å²) >= 11 is 0. The largest absolute Gasteiger partial charge is 0.461 e. The van der Waals surface area contributed by atoms with E-state index in [2.05, 4.69) is 32.0 Å². The Morgan fingerprint density at radius 2 is 2.00 bits per heavy atom. The van der Waals surface area contributed by atoms with Crippen LogP contribution in [-0.4, -0.2) is 6.04 Å². The summed E-state index contributed by atoms with van der Waals surface area (Å²) in [6.07, 6.45) is 2.41. The van der Waals surface area contributed by atoms with Crippen molar-refractivity contribution < 1.29 is 4.42 Å².